The van der Waals surface area contributed by atoms with E-state index in [1.165, 1.54) is 37.7 Å². The molecule has 0 amide bonds. The molecule has 0 saturated heterocycles. The molecule has 0 heteroatoms. The van der Waals surface area contributed by atoms with Crippen LogP contribution in [0.3, 0.4) is 0 Å². The molecule has 1 rings (SSSR count). The quantitative estimate of drug-likeness (QED) is 0.496. The maximum Gasteiger partial charge on any atom is -0.0206 e. The van der Waals surface area contributed by atoms with Gasteiger partial charge in [-0.2, -0.15) is 0 Å². The summed E-state index contributed by atoms with van der Waals surface area (Å²) in [4.78, 5) is 0. The molecule has 9 heavy (non-hydrogen) atoms. The maximum absolute atomic E-state index is 4.05. The fourth-order valence-corrected chi connectivity index (χ4v) is 1.68. The number of hydrogen-bond donors (Lipinski definition) is 0. The number of rotatable bonds is 2. The predicted molar refractivity (Wildman–Crippen MR) is 41.4 cm³/mol. The van der Waals surface area contributed by atoms with Crippen LogP contribution in [0.2, 0.25) is 0 Å². The van der Waals surface area contributed by atoms with Crippen LogP contribution in [0.4, 0.5) is 0 Å². The Labute approximate surface area is 58.0 Å². The van der Waals surface area contributed by atoms with Gasteiger partial charge < -0.3 is 0 Å². The molecule has 0 aromatic carbocycles. The van der Waals surface area contributed by atoms with Crippen molar-refractivity contribution in [3.8, 4) is 0 Å². The predicted octanol–water partition coefficient (Wildman–Crippen LogP) is 3.14. The van der Waals surface area contributed by atoms with E-state index in [0.717, 1.165) is 5.92 Å². The van der Waals surface area contributed by atoms with Gasteiger partial charge in [0.1, 0.15) is 0 Å². The highest BCUT2D eigenvalue weighted by molar-refractivity contribution is 5.05. The Bertz CT molecular complexity index is 103. The van der Waals surface area contributed by atoms with E-state index >= 15 is 0 Å². The molecule has 0 aliphatic heterocycles. The molecule has 0 nitrogen and oxygen atoms in total. The highest BCUT2D eigenvalue weighted by Gasteiger charge is 2.16. The van der Waals surface area contributed by atoms with Crippen LogP contribution in [0.5, 0.6) is 0 Å². The summed E-state index contributed by atoms with van der Waals surface area (Å²) in [5.41, 5.74) is 1.51. The lowest BCUT2D eigenvalue weighted by molar-refractivity contribution is 0.564. The van der Waals surface area contributed by atoms with Crippen LogP contribution in [-0.4, -0.2) is 0 Å². The molecule has 0 aromatic rings. The molecule has 0 bridgehead atoms. The molecule has 1 saturated carbocycles. The Hall–Kier alpha value is -0.260. The van der Waals surface area contributed by atoms with Gasteiger partial charge in [-0.15, -0.1) is 0 Å². The van der Waals surface area contributed by atoms with Crippen LogP contribution in [0.1, 0.15) is 39.0 Å². The van der Waals surface area contributed by atoms with E-state index < -0.39 is 0 Å². The van der Waals surface area contributed by atoms with Crippen molar-refractivity contribution < 1.29 is 0 Å². The zero-order chi connectivity index (χ0) is 6.69. The number of allylic oxidation sites excluding steroid dienone is 1. The van der Waals surface area contributed by atoms with E-state index in [2.05, 4.69) is 13.5 Å². The first-order valence-electron chi connectivity index (χ1n) is 4.02. The van der Waals surface area contributed by atoms with Gasteiger partial charge in [0, 0.05) is 0 Å². The minimum absolute atomic E-state index is 0.884. The Morgan fingerprint density at radius 1 is 1.67 bits per heavy atom. The Balaban J connectivity index is 2.31. The molecular formula is C9H16. The fraction of sp³-hybridized carbons (Fsp3) is 0.778. The zero-order valence-electron chi connectivity index (χ0n) is 6.32. The van der Waals surface area contributed by atoms with Gasteiger partial charge in [-0.1, -0.05) is 25.5 Å². The zero-order valence-corrected chi connectivity index (χ0v) is 6.32. The molecule has 0 heterocycles. The Kier molecular flexibility index (Phi) is 2.32. The Morgan fingerprint density at radius 3 is 2.89 bits per heavy atom. The third-order valence-electron chi connectivity index (χ3n) is 2.26. The molecular weight excluding hydrogens is 108 g/mol. The lowest BCUT2D eigenvalue weighted by Gasteiger charge is -2.07. The fourth-order valence-electron chi connectivity index (χ4n) is 1.68. The lowest BCUT2D eigenvalue weighted by Crippen LogP contribution is -1.93. The first kappa shape index (κ1) is 6.85. The normalized spacial score (nSPS) is 27.2. The molecule has 1 aliphatic rings. The molecule has 0 radical (unpaired) electrons. The van der Waals surface area contributed by atoms with Gasteiger partial charge in [0.2, 0.25) is 0 Å². The highest BCUT2D eigenvalue weighted by atomic mass is 14.2. The van der Waals surface area contributed by atoms with E-state index in [-0.39, 0.29) is 0 Å². The van der Waals surface area contributed by atoms with Gasteiger partial charge in [-0.3, -0.25) is 0 Å². The van der Waals surface area contributed by atoms with E-state index in [1.54, 1.807) is 0 Å². The average Bonchev–Trinajstić information content (AvgIpc) is 2.18. The minimum Gasteiger partial charge on any atom is -0.0996 e. The maximum atomic E-state index is 4.05. The van der Waals surface area contributed by atoms with E-state index in [0.29, 0.717) is 0 Å². The van der Waals surface area contributed by atoms with Crippen molar-refractivity contribution in [3.63, 3.8) is 0 Å². The van der Waals surface area contributed by atoms with Crippen molar-refractivity contribution in [1.82, 2.24) is 0 Å². The summed E-state index contributed by atoms with van der Waals surface area (Å²) < 4.78 is 0. The first-order valence-corrected chi connectivity index (χ1v) is 4.02. The summed E-state index contributed by atoms with van der Waals surface area (Å²) in [6.07, 6.45) is 6.80. The van der Waals surface area contributed by atoms with Crippen molar-refractivity contribution in [1.29, 1.82) is 0 Å². The summed E-state index contributed by atoms with van der Waals surface area (Å²) in [5, 5.41) is 0. The smallest absolute Gasteiger partial charge is 0.0206 e. The van der Waals surface area contributed by atoms with Gasteiger partial charge in [0.25, 0.3) is 0 Å². The molecule has 52 valence electrons. The second-order valence-corrected chi connectivity index (χ2v) is 3.04. The van der Waals surface area contributed by atoms with E-state index in [9.17, 15) is 0 Å². The van der Waals surface area contributed by atoms with Crippen LogP contribution in [-0.2, 0) is 0 Å². The lowest BCUT2D eigenvalue weighted by atomic mass is 9.99. The van der Waals surface area contributed by atoms with Gasteiger partial charge in [-0.05, 0) is 31.6 Å². The molecule has 1 atom stereocenters. The monoisotopic (exact) mass is 124 g/mol. The largest absolute Gasteiger partial charge is 0.0996 e. The van der Waals surface area contributed by atoms with Gasteiger partial charge in [-0.25, -0.2) is 0 Å². The van der Waals surface area contributed by atoms with E-state index in [1.807, 2.05) is 0 Å². The molecule has 1 unspecified atom stereocenters. The van der Waals surface area contributed by atoms with Crippen LogP contribution < -0.4 is 0 Å². The SMILES string of the molecule is C=C1CCCC1CCC. The summed E-state index contributed by atoms with van der Waals surface area (Å²) in [7, 11) is 0. The van der Waals surface area contributed by atoms with Gasteiger partial charge in [0.15, 0.2) is 0 Å². The average molecular weight is 124 g/mol. The first-order chi connectivity index (χ1) is 4.34. The van der Waals surface area contributed by atoms with Crippen molar-refractivity contribution in [3.05, 3.63) is 12.2 Å². The van der Waals surface area contributed by atoms with Crippen molar-refractivity contribution >= 4 is 0 Å². The van der Waals surface area contributed by atoms with Crippen molar-refractivity contribution in [2.45, 2.75) is 39.0 Å². The molecule has 1 aliphatic carbocycles. The molecule has 0 spiro atoms. The molecule has 1 fully saturated rings. The van der Waals surface area contributed by atoms with E-state index in [4.69, 9.17) is 0 Å². The van der Waals surface area contributed by atoms with Crippen LogP contribution in [0.15, 0.2) is 12.2 Å². The molecule has 0 N–H and O–H groups in total. The summed E-state index contributed by atoms with van der Waals surface area (Å²) in [6.45, 7) is 6.31. The second-order valence-electron chi connectivity index (χ2n) is 3.04. The van der Waals surface area contributed by atoms with Gasteiger partial charge in [0.05, 0.1) is 0 Å². The van der Waals surface area contributed by atoms with Crippen LogP contribution in [0.25, 0.3) is 0 Å². The number of hydrogen-bond acceptors (Lipinski definition) is 0. The third-order valence-corrected chi connectivity index (χ3v) is 2.26. The minimum atomic E-state index is 0.884. The van der Waals surface area contributed by atoms with Crippen molar-refractivity contribution in [2.75, 3.05) is 0 Å². The van der Waals surface area contributed by atoms with Crippen LogP contribution >= 0.6 is 0 Å². The summed E-state index contributed by atoms with van der Waals surface area (Å²) in [5.74, 6) is 0.884. The molecule has 0 aromatic heterocycles. The highest BCUT2D eigenvalue weighted by Crippen LogP contribution is 2.32. The van der Waals surface area contributed by atoms with Crippen molar-refractivity contribution in [2.24, 2.45) is 5.92 Å². The topological polar surface area (TPSA) is 0 Å². The summed E-state index contributed by atoms with van der Waals surface area (Å²) in [6, 6.07) is 0. The standard InChI is InChI=1S/C9H16/c1-3-5-9-7-4-6-8(9)2/h9H,2-7H2,1H3. The third kappa shape index (κ3) is 1.57. The Morgan fingerprint density at radius 2 is 2.44 bits per heavy atom. The summed E-state index contributed by atoms with van der Waals surface area (Å²) >= 11 is 0. The van der Waals surface area contributed by atoms with Crippen LogP contribution in [0, 0.1) is 5.92 Å². The second kappa shape index (κ2) is 3.05. The van der Waals surface area contributed by atoms with Gasteiger partial charge >= 0.3 is 0 Å².